The van der Waals surface area contributed by atoms with Crippen molar-refractivity contribution in [2.45, 2.75) is 66.2 Å². The lowest BCUT2D eigenvalue weighted by Crippen LogP contribution is -2.33. The van der Waals surface area contributed by atoms with E-state index in [1.165, 1.54) is 23.4 Å². The van der Waals surface area contributed by atoms with Gasteiger partial charge in [-0.3, -0.25) is 9.10 Å². The number of benzene rings is 1. The molecular formula is C21H36N2O3S. The van der Waals surface area contributed by atoms with Crippen LogP contribution in [0, 0.1) is 19.8 Å². The zero-order valence-electron chi connectivity index (χ0n) is 17.5. The van der Waals surface area contributed by atoms with Crippen molar-refractivity contribution in [1.29, 1.82) is 0 Å². The molecule has 0 bridgehead atoms. The molecule has 1 aromatic carbocycles. The van der Waals surface area contributed by atoms with Gasteiger partial charge >= 0.3 is 0 Å². The maximum Gasteiger partial charge on any atom is 0.232 e. The summed E-state index contributed by atoms with van der Waals surface area (Å²) in [7, 11) is -3.39. The molecule has 0 aliphatic carbocycles. The van der Waals surface area contributed by atoms with Gasteiger partial charge in [0, 0.05) is 19.5 Å². The Morgan fingerprint density at radius 2 is 1.89 bits per heavy atom. The van der Waals surface area contributed by atoms with Gasteiger partial charge in [-0.25, -0.2) is 8.42 Å². The smallest absolute Gasteiger partial charge is 0.232 e. The van der Waals surface area contributed by atoms with Crippen LogP contribution >= 0.6 is 0 Å². The van der Waals surface area contributed by atoms with Gasteiger partial charge in [0.2, 0.25) is 15.9 Å². The summed E-state index contributed by atoms with van der Waals surface area (Å²) in [6.07, 6.45) is 6.61. The van der Waals surface area contributed by atoms with Crippen molar-refractivity contribution in [2.75, 3.05) is 23.7 Å². The summed E-state index contributed by atoms with van der Waals surface area (Å²) in [4.78, 5) is 12.1. The van der Waals surface area contributed by atoms with Crippen LogP contribution < -0.4 is 9.62 Å². The second kappa shape index (κ2) is 11.3. The highest BCUT2D eigenvalue weighted by atomic mass is 32.2. The average Bonchev–Trinajstić information content (AvgIpc) is 2.59. The molecule has 0 fully saturated rings. The molecule has 1 N–H and O–H groups in total. The molecule has 1 atom stereocenters. The summed E-state index contributed by atoms with van der Waals surface area (Å²) in [5.41, 5.74) is 2.71. The third kappa shape index (κ3) is 8.33. The van der Waals surface area contributed by atoms with Crippen LogP contribution in [-0.2, 0) is 14.8 Å². The van der Waals surface area contributed by atoms with Crippen molar-refractivity contribution in [3.63, 3.8) is 0 Å². The number of nitrogens with one attached hydrogen (secondary N) is 1. The fourth-order valence-electron chi connectivity index (χ4n) is 3.22. The number of nitrogens with zero attached hydrogens (tertiary/aromatic N) is 1. The lowest BCUT2D eigenvalue weighted by Gasteiger charge is -2.24. The topological polar surface area (TPSA) is 66.5 Å². The lowest BCUT2D eigenvalue weighted by molar-refractivity contribution is -0.121. The van der Waals surface area contributed by atoms with Crippen LogP contribution in [0.1, 0.15) is 63.5 Å². The number of rotatable bonds is 12. The number of sulfonamides is 1. The van der Waals surface area contributed by atoms with E-state index >= 15 is 0 Å². The Morgan fingerprint density at radius 3 is 2.44 bits per heavy atom. The first-order valence-electron chi connectivity index (χ1n) is 10.0. The number of carbonyl (C=O) groups is 1. The Bertz CT molecular complexity index is 701. The number of hydrogen-bond donors (Lipinski definition) is 1. The quantitative estimate of drug-likeness (QED) is 0.576. The van der Waals surface area contributed by atoms with Crippen molar-refractivity contribution < 1.29 is 13.2 Å². The van der Waals surface area contributed by atoms with Gasteiger partial charge in [0.1, 0.15) is 0 Å². The van der Waals surface area contributed by atoms with Crippen molar-refractivity contribution in [3.05, 3.63) is 29.3 Å². The van der Waals surface area contributed by atoms with E-state index in [9.17, 15) is 13.2 Å². The molecule has 0 aliphatic heterocycles. The van der Waals surface area contributed by atoms with Crippen LogP contribution in [0.2, 0.25) is 0 Å². The highest BCUT2D eigenvalue weighted by Gasteiger charge is 2.19. The number of amides is 1. The van der Waals surface area contributed by atoms with E-state index in [0.29, 0.717) is 37.5 Å². The van der Waals surface area contributed by atoms with Gasteiger partial charge in [0.05, 0.1) is 11.9 Å². The predicted octanol–water partition coefficient (Wildman–Crippen LogP) is 4.18. The number of unbranched alkanes of at least 4 members (excludes halogenated alkanes) is 1. The molecule has 0 aromatic heterocycles. The molecule has 6 heteroatoms. The van der Waals surface area contributed by atoms with E-state index in [1.54, 1.807) is 0 Å². The van der Waals surface area contributed by atoms with Gasteiger partial charge in [-0.05, 0) is 44.2 Å². The summed E-state index contributed by atoms with van der Waals surface area (Å²) >= 11 is 0. The van der Waals surface area contributed by atoms with E-state index in [2.05, 4.69) is 19.2 Å². The van der Waals surface area contributed by atoms with Crippen LogP contribution in [0.15, 0.2) is 18.2 Å². The molecule has 0 radical (unpaired) electrons. The fraction of sp³-hybridized carbons (Fsp3) is 0.667. The van der Waals surface area contributed by atoms with Crippen LogP contribution in [0.4, 0.5) is 5.69 Å². The first kappa shape index (κ1) is 23.5. The number of anilines is 1. The monoisotopic (exact) mass is 396 g/mol. The van der Waals surface area contributed by atoms with Gasteiger partial charge in [-0.2, -0.15) is 0 Å². The van der Waals surface area contributed by atoms with Crippen LogP contribution in [-0.4, -0.2) is 33.7 Å². The molecule has 0 saturated heterocycles. The molecule has 1 aromatic rings. The van der Waals surface area contributed by atoms with Crippen LogP contribution in [0.5, 0.6) is 0 Å². The van der Waals surface area contributed by atoms with E-state index < -0.39 is 10.0 Å². The largest absolute Gasteiger partial charge is 0.356 e. The van der Waals surface area contributed by atoms with Crippen LogP contribution in [0.25, 0.3) is 0 Å². The normalized spacial score (nSPS) is 12.6. The molecule has 1 amide bonds. The first-order valence-corrected chi connectivity index (χ1v) is 11.9. The summed E-state index contributed by atoms with van der Waals surface area (Å²) in [5.74, 6) is 0.524. The average molecular weight is 397 g/mol. The Hall–Kier alpha value is -1.56. The number of carbonyl (C=O) groups excluding carboxylic acids is 1. The van der Waals surface area contributed by atoms with Crippen molar-refractivity contribution >= 4 is 21.6 Å². The van der Waals surface area contributed by atoms with Crippen molar-refractivity contribution in [1.82, 2.24) is 5.32 Å². The fourth-order valence-corrected chi connectivity index (χ4v) is 4.25. The minimum atomic E-state index is -3.39. The molecule has 1 rings (SSSR count). The van der Waals surface area contributed by atoms with Gasteiger partial charge < -0.3 is 5.32 Å². The zero-order valence-corrected chi connectivity index (χ0v) is 18.4. The maximum atomic E-state index is 12.2. The number of hydrogen-bond acceptors (Lipinski definition) is 3. The summed E-state index contributed by atoms with van der Waals surface area (Å²) in [6.45, 7) is 9.24. The minimum Gasteiger partial charge on any atom is -0.356 e. The van der Waals surface area contributed by atoms with Crippen molar-refractivity contribution in [3.8, 4) is 0 Å². The molecule has 154 valence electrons. The summed E-state index contributed by atoms with van der Waals surface area (Å²) < 4.78 is 25.9. The van der Waals surface area contributed by atoms with E-state index in [-0.39, 0.29) is 5.91 Å². The third-order valence-electron chi connectivity index (χ3n) is 4.92. The Labute approximate surface area is 165 Å². The second-order valence-corrected chi connectivity index (χ2v) is 9.36. The van der Waals surface area contributed by atoms with E-state index in [1.807, 2.05) is 32.0 Å². The molecule has 0 unspecified atom stereocenters. The Kier molecular flexibility index (Phi) is 9.84. The molecule has 27 heavy (non-hydrogen) atoms. The second-order valence-electron chi connectivity index (χ2n) is 7.45. The highest BCUT2D eigenvalue weighted by Crippen LogP contribution is 2.24. The summed E-state index contributed by atoms with van der Waals surface area (Å²) in [5, 5.41) is 3.01. The molecule has 0 saturated carbocycles. The maximum absolute atomic E-state index is 12.2. The lowest BCUT2D eigenvalue weighted by atomic mass is 9.99. The van der Waals surface area contributed by atoms with Crippen LogP contribution in [0.3, 0.4) is 0 Å². The Morgan fingerprint density at radius 1 is 1.19 bits per heavy atom. The Balaban J connectivity index is 2.58. The SMILES string of the molecule is CCCC[C@H](CC)CNC(=O)CCCN(c1ccc(C)cc1C)S(C)(=O)=O. The summed E-state index contributed by atoms with van der Waals surface area (Å²) in [6, 6.07) is 5.72. The van der Waals surface area contributed by atoms with E-state index in [0.717, 1.165) is 24.0 Å². The minimum absolute atomic E-state index is 0.000900. The first-order chi connectivity index (χ1) is 12.7. The molecule has 0 aliphatic rings. The van der Waals surface area contributed by atoms with Gasteiger partial charge in [-0.15, -0.1) is 0 Å². The predicted molar refractivity (Wildman–Crippen MR) is 114 cm³/mol. The third-order valence-corrected chi connectivity index (χ3v) is 6.10. The molecular weight excluding hydrogens is 360 g/mol. The van der Waals surface area contributed by atoms with Crippen molar-refractivity contribution in [2.24, 2.45) is 5.92 Å². The van der Waals surface area contributed by atoms with Gasteiger partial charge in [-0.1, -0.05) is 50.8 Å². The zero-order chi connectivity index (χ0) is 20.4. The molecule has 0 heterocycles. The van der Waals surface area contributed by atoms with Gasteiger partial charge in [0.25, 0.3) is 0 Å². The van der Waals surface area contributed by atoms with E-state index in [4.69, 9.17) is 0 Å². The molecule has 0 spiro atoms. The molecule has 5 nitrogen and oxygen atoms in total. The standard InChI is InChI=1S/C21H36N2O3S/c1-6-8-10-19(7-2)16-22-21(24)11-9-14-23(27(5,25)26)20-13-12-17(3)15-18(20)4/h12-13,15,19H,6-11,14,16H2,1-5H3,(H,22,24)/t19-/m0/s1. The van der Waals surface area contributed by atoms with Gasteiger partial charge in [0.15, 0.2) is 0 Å². The highest BCUT2D eigenvalue weighted by molar-refractivity contribution is 7.92. The number of aryl methyl sites for hydroxylation is 2.